The highest BCUT2D eigenvalue weighted by molar-refractivity contribution is 7.92. The number of benzene rings is 2. The topological polar surface area (TPSA) is 70.2 Å². The van der Waals surface area contributed by atoms with Crippen molar-refractivity contribution in [2.24, 2.45) is 0 Å². The molecule has 1 heterocycles. The Morgan fingerprint density at radius 3 is 2.22 bits per heavy atom. The lowest BCUT2D eigenvalue weighted by Crippen LogP contribution is -2.52. The van der Waals surface area contributed by atoms with E-state index in [-0.39, 0.29) is 5.69 Å². The maximum atomic E-state index is 13.0. The summed E-state index contributed by atoms with van der Waals surface area (Å²) < 4.78 is 69.5. The summed E-state index contributed by atoms with van der Waals surface area (Å²) in [5.41, 5.74) is -0.212. The molecule has 1 amide bonds. The van der Waals surface area contributed by atoms with Gasteiger partial charge in [0.05, 0.1) is 24.6 Å². The standard InChI is InChI=1S/C21H24F3N3O4S/c1-31-19-8-6-17(7-9-19)25-10-12-26(13-11-25)20(28)15-27(32(2,29)30)18-5-3-4-16(14-18)21(22,23)24/h3-9,14H,10-13,15H2,1-2H3. The average molecular weight is 472 g/mol. The molecule has 0 aliphatic carbocycles. The molecule has 0 bridgehead atoms. The van der Waals surface area contributed by atoms with Crippen LogP contribution >= 0.6 is 0 Å². The minimum atomic E-state index is -4.62. The highest BCUT2D eigenvalue weighted by Crippen LogP contribution is 2.32. The van der Waals surface area contributed by atoms with E-state index < -0.39 is 34.2 Å². The quantitative estimate of drug-likeness (QED) is 0.648. The molecule has 2 aromatic carbocycles. The predicted octanol–water partition coefficient (Wildman–Crippen LogP) is 2.83. The van der Waals surface area contributed by atoms with E-state index in [0.29, 0.717) is 30.5 Å². The van der Waals surface area contributed by atoms with Gasteiger partial charge in [0.15, 0.2) is 0 Å². The van der Waals surface area contributed by atoms with Crippen molar-refractivity contribution in [3.8, 4) is 5.75 Å². The van der Waals surface area contributed by atoms with E-state index in [2.05, 4.69) is 4.90 Å². The third-order valence-corrected chi connectivity index (χ3v) is 6.35. The molecule has 0 aromatic heterocycles. The molecule has 3 rings (SSSR count). The molecular formula is C21H24F3N3O4S. The Kier molecular flexibility index (Phi) is 6.87. The van der Waals surface area contributed by atoms with Crippen molar-refractivity contribution in [3.63, 3.8) is 0 Å². The Balaban J connectivity index is 1.69. The Bertz CT molecular complexity index is 1050. The van der Waals surface area contributed by atoms with E-state index >= 15 is 0 Å². The van der Waals surface area contributed by atoms with E-state index in [4.69, 9.17) is 4.74 Å². The maximum absolute atomic E-state index is 13.0. The van der Waals surface area contributed by atoms with Gasteiger partial charge in [0.2, 0.25) is 15.9 Å². The Labute approximate surface area is 185 Å². The van der Waals surface area contributed by atoms with Crippen molar-refractivity contribution in [3.05, 3.63) is 54.1 Å². The van der Waals surface area contributed by atoms with Crippen LogP contribution in [0.2, 0.25) is 0 Å². The third-order valence-electron chi connectivity index (χ3n) is 5.21. The molecule has 174 valence electrons. The highest BCUT2D eigenvalue weighted by atomic mass is 32.2. The van der Waals surface area contributed by atoms with E-state index in [9.17, 15) is 26.4 Å². The zero-order valence-corrected chi connectivity index (χ0v) is 18.5. The number of carbonyl (C=O) groups excluding carboxylic acids is 1. The van der Waals surface area contributed by atoms with Gasteiger partial charge in [-0.2, -0.15) is 13.2 Å². The first-order valence-electron chi connectivity index (χ1n) is 9.81. The van der Waals surface area contributed by atoms with Crippen LogP contribution in [0.1, 0.15) is 5.56 Å². The second-order valence-corrected chi connectivity index (χ2v) is 9.29. The normalized spacial score (nSPS) is 14.9. The molecule has 7 nitrogen and oxygen atoms in total. The molecule has 0 radical (unpaired) electrons. The number of rotatable bonds is 6. The first kappa shape index (κ1) is 23.7. The molecular weight excluding hydrogens is 447 g/mol. The molecule has 0 unspecified atom stereocenters. The molecule has 0 atom stereocenters. The second-order valence-electron chi connectivity index (χ2n) is 7.38. The number of ether oxygens (including phenoxy) is 1. The van der Waals surface area contributed by atoms with Crippen LogP contribution in [-0.2, 0) is 21.0 Å². The first-order chi connectivity index (χ1) is 15.0. The predicted molar refractivity (Wildman–Crippen MR) is 115 cm³/mol. The van der Waals surface area contributed by atoms with Crippen LogP contribution in [-0.4, -0.2) is 65.3 Å². The van der Waals surface area contributed by atoms with Gasteiger partial charge in [-0.15, -0.1) is 0 Å². The lowest BCUT2D eigenvalue weighted by molar-refractivity contribution is -0.137. The van der Waals surface area contributed by atoms with Crippen LogP contribution in [0.15, 0.2) is 48.5 Å². The molecule has 2 aromatic rings. The summed E-state index contributed by atoms with van der Waals surface area (Å²) in [6, 6.07) is 11.4. The number of carbonyl (C=O) groups is 1. The maximum Gasteiger partial charge on any atom is 0.416 e. The number of hydrogen-bond acceptors (Lipinski definition) is 5. The van der Waals surface area contributed by atoms with Gasteiger partial charge < -0.3 is 14.5 Å². The van der Waals surface area contributed by atoms with Gasteiger partial charge in [-0.25, -0.2) is 8.42 Å². The van der Waals surface area contributed by atoms with Gasteiger partial charge >= 0.3 is 6.18 Å². The molecule has 1 saturated heterocycles. The number of piperazine rings is 1. The summed E-state index contributed by atoms with van der Waals surface area (Å²) in [4.78, 5) is 16.4. The van der Waals surface area contributed by atoms with Gasteiger partial charge in [0.1, 0.15) is 12.3 Å². The molecule has 32 heavy (non-hydrogen) atoms. The molecule has 0 spiro atoms. The smallest absolute Gasteiger partial charge is 0.416 e. The molecule has 1 fully saturated rings. The minimum absolute atomic E-state index is 0.201. The largest absolute Gasteiger partial charge is 0.497 e. The lowest BCUT2D eigenvalue weighted by Gasteiger charge is -2.37. The van der Waals surface area contributed by atoms with E-state index in [1.807, 2.05) is 24.3 Å². The Morgan fingerprint density at radius 2 is 1.69 bits per heavy atom. The van der Waals surface area contributed by atoms with Crippen LogP contribution in [0.5, 0.6) is 5.75 Å². The first-order valence-corrected chi connectivity index (χ1v) is 11.7. The number of nitrogens with zero attached hydrogens (tertiary/aromatic N) is 3. The van der Waals surface area contributed by atoms with Crippen LogP contribution in [0.25, 0.3) is 0 Å². The van der Waals surface area contributed by atoms with E-state index in [0.717, 1.165) is 35.9 Å². The number of amides is 1. The van der Waals surface area contributed by atoms with Crippen LogP contribution in [0, 0.1) is 0 Å². The van der Waals surface area contributed by atoms with Gasteiger partial charge in [-0.05, 0) is 42.5 Å². The lowest BCUT2D eigenvalue weighted by atomic mass is 10.2. The molecule has 1 aliphatic rings. The average Bonchev–Trinajstić information content (AvgIpc) is 2.76. The number of anilines is 2. The van der Waals surface area contributed by atoms with Crippen LogP contribution < -0.4 is 13.9 Å². The Morgan fingerprint density at radius 1 is 1.06 bits per heavy atom. The second kappa shape index (κ2) is 9.27. The fourth-order valence-corrected chi connectivity index (χ4v) is 4.31. The highest BCUT2D eigenvalue weighted by Gasteiger charge is 2.32. The van der Waals surface area contributed by atoms with E-state index in [1.165, 1.54) is 11.0 Å². The van der Waals surface area contributed by atoms with Crippen molar-refractivity contribution in [1.82, 2.24) is 4.90 Å². The summed E-state index contributed by atoms with van der Waals surface area (Å²) in [7, 11) is -2.40. The fourth-order valence-electron chi connectivity index (χ4n) is 3.47. The summed E-state index contributed by atoms with van der Waals surface area (Å²) in [6.45, 7) is 1.25. The summed E-state index contributed by atoms with van der Waals surface area (Å²) in [6.07, 6.45) is -3.76. The van der Waals surface area contributed by atoms with Crippen LogP contribution in [0.4, 0.5) is 24.5 Å². The summed E-state index contributed by atoms with van der Waals surface area (Å²) in [5.74, 6) is 0.264. The zero-order chi connectivity index (χ0) is 23.5. The van der Waals surface area contributed by atoms with Crippen molar-refractivity contribution < 1.29 is 31.1 Å². The monoisotopic (exact) mass is 471 g/mol. The summed E-state index contributed by atoms with van der Waals surface area (Å²) in [5, 5.41) is 0. The minimum Gasteiger partial charge on any atom is -0.497 e. The van der Waals surface area contributed by atoms with Crippen molar-refractivity contribution in [2.75, 3.05) is 55.3 Å². The SMILES string of the molecule is COc1ccc(N2CCN(C(=O)CN(c3cccc(C(F)(F)F)c3)S(C)(=O)=O)CC2)cc1. The zero-order valence-electron chi connectivity index (χ0n) is 17.7. The number of sulfonamides is 1. The van der Waals surface area contributed by atoms with Gasteiger partial charge in [0.25, 0.3) is 0 Å². The van der Waals surface area contributed by atoms with Crippen molar-refractivity contribution in [2.45, 2.75) is 6.18 Å². The van der Waals surface area contributed by atoms with Gasteiger partial charge in [-0.3, -0.25) is 9.10 Å². The molecule has 11 heteroatoms. The Hall–Kier alpha value is -2.95. The van der Waals surface area contributed by atoms with Crippen molar-refractivity contribution in [1.29, 1.82) is 0 Å². The number of halogens is 3. The molecule has 0 saturated carbocycles. The molecule has 1 aliphatic heterocycles. The van der Waals surface area contributed by atoms with Gasteiger partial charge in [-0.1, -0.05) is 6.07 Å². The third kappa shape index (κ3) is 5.64. The fraction of sp³-hybridized carbons (Fsp3) is 0.381. The number of methoxy groups -OCH3 is 1. The van der Waals surface area contributed by atoms with E-state index in [1.54, 1.807) is 7.11 Å². The number of hydrogen-bond donors (Lipinski definition) is 0. The molecule has 0 N–H and O–H groups in total. The van der Waals surface area contributed by atoms with Crippen LogP contribution in [0.3, 0.4) is 0 Å². The number of alkyl halides is 3. The summed E-state index contributed by atoms with van der Waals surface area (Å²) >= 11 is 0. The van der Waals surface area contributed by atoms with Crippen molar-refractivity contribution >= 4 is 27.3 Å². The van der Waals surface area contributed by atoms with Gasteiger partial charge in [0, 0.05) is 31.9 Å².